The zero-order valence-electron chi connectivity index (χ0n) is 15.1. The Balaban J connectivity index is 1.57. The van der Waals surface area contributed by atoms with E-state index in [0.717, 1.165) is 43.6 Å². The summed E-state index contributed by atoms with van der Waals surface area (Å²) < 4.78 is 40.7. The van der Waals surface area contributed by atoms with Crippen molar-refractivity contribution in [1.29, 1.82) is 0 Å². The van der Waals surface area contributed by atoms with E-state index >= 15 is 0 Å². The normalized spacial score (nSPS) is 15.8. The van der Waals surface area contributed by atoms with Crippen LogP contribution in [0.25, 0.3) is 5.52 Å². The number of hydrogen-bond donors (Lipinski definition) is 3. The Labute approximate surface area is 159 Å². The van der Waals surface area contributed by atoms with Gasteiger partial charge in [-0.3, -0.25) is 0 Å². The van der Waals surface area contributed by atoms with Gasteiger partial charge in [0.2, 0.25) is 0 Å². The summed E-state index contributed by atoms with van der Waals surface area (Å²) in [5.74, 6) is 1.05. The summed E-state index contributed by atoms with van der Waals surface area (Å²) >= 11 is 0. The fourth-order valence-electron chi connectivity index (χ4n) is 3.63. The molecule has 4 N–H and O–H groups in total. The van der Waals surface area contributed by atoms with Gasteiger partial charge in [0.05, 0.1) is 5.56 Å². The number of piperidine rings is 1. The number of nitrogen functional groups attached to an aromatic ring is 1. The molecule has 0 spiro atoms. The third kappa shape index (κ3) is 3.89. The summed E-state index contributed by atoms with van der Waals surface area (Å²) in [6, 6.07) is 5.61. The molecule has 6 nitrogen and oxygen atoms in total. The fraction of sp³-hybridized carbons (Fsp3) is 0.368. The molecule has 1 aliphatic heterocycles. The second-order valence-corrected chi connectivity index (χ2v) is 7.05. The number of nitrogens with zero attached hydrogens (tertiary/aromatic N) is 3. The van der Waals surface area contributed by atoms with Crippen LogP contribution in [0.5, 0.6) is 0 Å². The van der Waals surface area contributed by atoms with Gasteiger partial charge in [-0.25, -0.2) is 9.50 Å². The molecule has 1 aromatic carbocycles. The van der Waals surface area contributed by atoms with Gasteiger partial charge >= 0.3 is 6.18 Å². The van der Waals surface area contributed by atoms with E-state index in [2.05, 4.69) is 26.8 Å². The number of fused-ring (bicyclic) bond motifs is 1. The van der Waals surface area contributed by atoms with E-state index in [1.54, 1.807) is 4.52 Å². The first-order valence-electron chi connectivity index (χ1n) is 9.14. The number of nitrogens with one attached hydrogen (secondary N) is 2. The Kier molecular flexibility index (Phi) is 4.84. The lowest BCUT2D eigenvalue weighted by atomic mass is 9.92. The maximum absolute atomic E-state index is 13.0. The highest BCUT2D eigenvalue weighted by molar-refractivity contribution is 5.68. The highest BCUT2D eigenvalue weighted by atomic mass is 19.4. The summed E-state index contributed by atoms with van der Waals surface area (Å²) in [6.07, 6.45) is 1.13. The molecule has 0 atom stereocenters. The van der Waals surface area contributed by atoms with Crippen LogP contribution in [0.4, 0.5) is 24.7 Å². The highest BCUT2D eigenvalue weighted by Crippen LogP contribution is 2.32. The molecule has 4 rings (SSSR count). The molecule has 1 aliphatic rings. The second-order valence-electron chi connectivity index (χ2n) is 7.05. The Bertz CT molecular complexity index is 975. The molecule has 0 bridgehead atoms. The quantitative estimate of drug-likeness (QED) is 0.595. The van der Waals surface area contributed by atoms with Gasteiger partial charge in [0.15, 0.2) is 5.82 Å². The number of aromatic nitrogens is 3. The molecule has 1 fully saturated rings. The van der Waals surface area contributed by atoms with Crippen LogP contribution in [0, 0.1) is 0 Å². The van der Waals surface area contributed by atoms with Crippen LogP contribution < -0.4 is 16.4 Å². The molecule has 3 aromatic rings. The zero-order chi connectivity index (χ0) is 19.7. The van der Waals surface area contributed by atoms with Crippen LogP contribution in [-0.4, -0.2) is 27.7 Å². The van der Waals surface area contributed by atoms with Crippen molar-refractivity contribution in [3.63, 3.8) is 0 Å². The molecule has 1 saturated heterocycles. The molecule has 3 heterocycles. The molecule has 0 saturated carbocycles. The topological polar surface area (TPSA) is 80.3 Å². The van der Waals surface area contributed by atoms with Crippen molar-refractivity contribution in [2.45, 2.75) is 31.5 Å². The van der Waals surface area contributed by atoms with E-state index < -0.39 is 11.7 Å². The van der Waals surface area contributed by atoms with Gasteiger partial charge in [-0.15, -0.1) is 0 Å². The van der Waals surface area contributed by atoms with E-state index in [9.17, 15) is 13.2 Å². The fourth-order valence-corrected chi connectivity index (χ4v) is 3.63. The third-order valence-electron chi connectivity index (χ3n) is 5.04. The molecule has 0 radical (unpaired) electrons. The largest absolute Gasteiger partial charge is 0.416 e. The molecule has 0 amide bonds. The van der Waals surface area contributed by atoms with E-state index in [4.69, 9.17) is 5.73 Å². The summed E-state index contributed by atoms with van der Waals surface area (Å²) in [7, 11) is 0. The van der Waals surface area contributed by atoms with Gasteiger partial charge in [-0.1, -0.05) is 0 Å². The van der Waals surface area contributed by atoms with E-state index in [0.29, 0.717) is 17.3 Å². The van der Waals surface area contributed by atoms with Crippen molar-refractivity contribution in [2.75, 3.05) is 24.1 Å². The van der Waals surface area contributed by atoms with Crippen molar-refractivity contribution < 1.29 is 13.2 Å². The van der Waals surface area contributed by atoms with E-state index in [1.165, 1.54) is 18.0 Å². The Morgan fingerprint density at radius 3 is 2.71 bits per heavy atom. The molecule has 148 valence electrons. The number of rotatable bonds is 4. The lowest BCUT2D eigenvalue weighted by Crippen LogP contribution is -2.26. The first kappa shape index (κ1) is 18.5. The third-order valence-corrected chi connectivity index (χ3v) is 5.04. The van der Waals surface area contributed by atoms with Gasteiger partial charge in [-0.2, -0.15) is 18.3 Å². The maximum atomic E-state index is 13.0. The molecule has 0 unspecified atom stereocenters. The maximum Gasteiger partial charge on any atom is 0.416 e. The molecule has 2 aromatic heterocycles. The van der Waals surface area contributed by atoms with Crippen molar-refractivity contribution >= 4 is 17.0 Å². The van der Waals surface area contributed by atoms with Crippen LogP contribution >= 0.6 is 0 Å². The Hall–Kier alpha value is -2.81. The molecular formula is C19H21F3N6. The smallest absolute Gasteiger partial charge is 0.399 e. The zero-order valence-corrected chi connectivity index (χ0v) is 15.1. The number of hydrogen-bond acceptors (Lipinski definition) is 5. The Morgan fingerprint density at radius 2 is 1.96 bits per heavy atom. The monoisotopic (exact) mass is 390 g/mol. The lowest BCUT2D eigenvalue weighted by molar-refractivity contribution is -0.137. The first-order valence-corrected chi connectivity index (χ1v) is 9.14. The van der Waals surface area contributed by atoms with Crippen LogP contribution in [-0.2, 0) is 12.7 Å². The average Bonchev–Trinajstić information content (AvgIpc) is 3.11. The van der Waals surface area contributed by atoms with Crippen LogP contribution in [0.3, 0.4) is 0 Å². The van der Waals surface area contributed by atoms with Crippen molar-refractivity contribution in [1.82, 2.24) is 19.9 Å². The van der Waals surface area contributed by atoms with Crippen LogP contribution in [0.2, 0.25) is 0 Å². The van der Waals surface area contributed by atoms with E-state index in [-0.39, 0.29) is 12.2 Å². The van der Waals surface area contributed by atoms with Crippen LogP contribution in [0.15, 0.2) is 36.8 Å². The van der Waals surface area contributed by atoms with Crippen LogP contribution in [0.1, 0.15) is 35.4 Å². The first-order chi connectivity index (χ1) is 13.4. The molecular weight excluding hydrogens is 369 g/mol. The predicted octanol–water partition coefficient (Wildman–Crippen LogP) is 3.41. The van der Waals surface area contributed by atoms with Gasteiger partial charge in [0.1, 0.15) is 11.8 Å². The predicted molar refractivity (Wildman–Crippen MR) is 101 cm³/mol. The second kappa shape index (κ2) is 7.31. The summed E-state index contributed by atoms with van der Waals surface area (Å²) in [6.45, 7) is 2.16. The number of halogens is 3. The van der Waals surface area contributed by atoms with Gasteiger partial charge in [-0.05, 0) is 67.2 Å². The number of anilines is 2. The lowest BCUT2D eigenvalue weighted by Gasteiger charge is -2.21. The van der Waals surface area contributed by atoms with Crippen molar-refractivity contribution in [3.8, 4) is 0 Å². The number of alkyl halides is 3. The van der Waals surface area contributed by atoms with Crippen molar-refractivity contribution in [2.24, 2.45) is 0 Å². The minimum absolute atomic E-state index is 0.0790. The molecule has 28 heavy (non-hydrogen) atoms. The summed E-state index contributed by atoms with van der Waals surface area (Å²) in [4.78, 5) is 4.27. The minimum Gasteiger partial charge on any atom is -0.399 e. The summed E-state index contributed by atoms with van der Waals surface area (Å²) in [5.41, 5.74) is 7.40. The minimum atomic E-state index is -4.43. The van der Waals surface area contributed by atoms with Gasteiger partial charge in [0, 0.05) is 18.4 Å². The standard InChI is InChI=1S/C19H21F3N6/c20-19(21,22)15-5-12(6-16(23)8-15)9-25-18-17-7-14(10-28(17)27-11-26-18)13-1-3-24-4-2-13/h5-8,10-11,13,24H,1-4,9,23H2,(H,25,26,27). The van der Waals surface area contributed by atoms with Gasteiger partial charge in [0.25, 0.3) is 0 Å². The van der Waals surface area contributed by atoms with Crippen molar-refractivity contribution in [3.05, 3.63) is 53.5 Å². The SMILES string of the molecule is Nc1cc(CNc2ncnn3cc(C4CCNCC4)cc23)cc(C(F)(F)F)c1. The molecule has 0 aliphatic carbocycles. The number of benzene rings is 1. The number of nitrogens with two attached hydrogens (primary N) is 1. The average molecular weight is 390 g/mol. The van der Waals surface area contributed by atoms with Gasteiger partial charge < -0.3 is 16.4 Å². The highest BCUT2D eigenvalue weighted by Gasteiger charge is 2.31. The molecule has 9 heteroatoms. The Morgan fingerprint density at radius 1 is 1.18 bits per heavy atom. The summed E-state index contributed by atoms with van der Waals surface area (Å²) in [5, 5.41) is 10.7. The van der Waals surface area contributed by atoms with E-state index in [1.807, 2.05) is 6.20 Å².